The molecule has 2 aromatic heterocycles. The lowest BCUT2D eigenvalue weighted by molar-refractivity contribution is 0.0693. The Kier molecular flexibility index (Phi) is 6.21. The number of nitrogens with zero attached hydrogens (tertiary/aromatic N) is 5. The van der Waals surface area contributed by atoms with Gasteiger partial charge in [-0.3, -0.25) is 9.78 Å². The normalized spacial score (nSPS) is 21.6. The van der Waals surface area contributed by atoms with Gasteiger partial charge in [-0.1, -0.05) is 30.0 Å². The molecule has 186 valence electrons. The number of hydrogen-bond donors (Lipinski definition) is 2. The molecule has 8 nitrogen and oxygen atoms in total. The number of halogens is 2. The van der Waals surface area contributed by atoms with Crippen LogP contribution in [0.5, 0.6) is 0 Å². The van der Waals surface area contributed by atoms with E-state index in [4.69, 9.17) is 4.99 Å². The fourth-order valence-corrected chi connectivity index (χ4v) is 5.64. The lowest BCUT2D eigenvalue weighted by Gasteiger charge is -2.34. The third kappa shape index (κ3) is 4.56. The fourth-order valence-electron chi connectivity index (χ4n) is 4.51. The number of benzene rings is 1. The van der Waals surface area contributed by atoms with Gasteiger partial charge in [0, 0.05) is 23.8 Å². The number of anilines is 1. The Hall–Kier alpha value is -3.44. The molecule has 1 aromatic carbocycles. The minimum atomic E-state index is -1.49. The molecule has 2 aliphatic rings. The van der Waals surface area contributed by atoms with Gasteiger partial charge >= 0.3 is 0 Å². The summed E-state index contributed by atoms with van der Waals surface area (Å²) < 4.78 is 28.0. The first-order chi connectivity index (χ1) is 17.2. The minimum Gasteiger partial charge on any atom is -0.384 e. The average molecular weight is 511 g/mol. The third-order valence-corrected chi connectivity index (χ3v) is 7.33. The Balaban J connectivity index is 1.52. The number of amidine groups is 1. The zero-order valence-electron chi connectivity index (χ0n) is 19.7. The molecule has 2 atom stereocenters. The van der Waals surface area contributed by atoms with Crippen LogP contribution in [0.3, 0.4) is 0 Å². The standard InChI is InChI=1S/C25H24F2N6O2S/c1-24(2,35)20-18(27)11-29-22(30-20)33-12-16-13-36-23(31-21(34)15-6-4-3-5-7-15)32-25(16,14-33)19-9-8-17(26)10-28-19/h3-11,16,35H,12-14H2,1-2H3,(H,31,32,34)/t16-,25?/m0/s1. The maximum Gasteiger partial charge on any atom is 0.257 e. The SMILES string of the molecule is CC(C)(O)c1nc(N2C[C@H]3CSC(NC(=O)c4ccccc4)=NC3(c3ccc(F)cn3)C2)ncc1F. The molecule has 2 aliphatic heterocycles. The van der Waals surface area contributed by atoms with Crippen molar-refractivity contribution in [1.29, 1.82) is 0 Å². The zero-order chi connectivity index (χ0) is 25.5. The van der Waals surface area contributed by atoms with E-state index in [1.807, 2.05) is 11.0 Å². The Morgan fingerprint density at radius 1 is 1.17 bits per heavy atom. The van der Waals surface area contributed by atoms with Gasteiger partial charge < -0.3 is 15.3 Å². The Bertz CT molecular complexity index is 1320. The zero-order valence-corrected chi connectivity index (χ0v) is 20.5. The quantitative estimate of drug-likeness (QED) is 0.555. The summed E-state index contributed by atoms with van der Waals surface area (Å²) in [5.41, 5.74) is -1.46. The number of fused-ring (bicyclic) bond motifs is 1. The highest BCUT2D eigenvalue weighted by atomic mass is 32.2. The maximum atomic E-state index is 14.3. The maximum absolute atomic E-state index is 14.3. The van der Waals surface area contributed by atoms with Crippen molar-refractivity contribution in [2.75, 3.05) is 23.7 Å². The highest BCUT2D eigenvalue weighted by Crippen LogP contribution is 2.45. The number of aliphatic hydroxyl groups is 1. The lowest BCUT2D eigenvalue weighted by Crippen LogP contribution is -2.43. The predicted octanol–water partition coefficient (Wildman–Crippen LogP) is 3.24. The van der Waals surface area contributed by atoms with Crippen molar-refractivity contribution in [3.63, 3.8) is 0 Å². The van der Waals surface area contributed by atoms with Crippen molar-refractivity contribution in [3.05, 3.63) is 83.4 Å². The Labute approximate surface area is 210 Å². The van der Waals surface area contributed by atoms with Gasteiger partial charge in [-0.25, -0.2) is 23.7 Å². The minimum absolute atomic E-state index is 0.0721. The molecule has 1 fully saturated rings. The van der Waals surface area contributed by atoms with Crippen molar-refractivity contribution in [3.8, 4) is 0 Å². The van der Waals surface area contributed by atoms with E-state index in [0.29, 0.717) is 28.7 Å². The fraction of sp³-hybridized carbons (Fsp3) is 0.320. The largest absolute Gasteiger partial charge is 0.384 e. The first-order valence-corrected chi connectivity index (χ1v) is 12.4. The van der Waals surface area contributed by atoms with Crippen molar-refractivity contribution < 1.29 is 18.7 Å². The molecule has 2 N–H and O–H groups in total. The smallest absolute Gasteiger partial charge is 0.257 e. The summed E-state index contributed by atoms with van der Waals surface area (Å²) in [6.45, 7) is 3.67. The van der Waals surface area contributed by atoms with Gasteiger partial charge in [0.1, 0.15) is 22.7 Å². The summed E-state index contributed by atoms with van der Waals surface area (Å²) in [6, 6.07) is 11.7. The van der Waals surface area contributed by atoms with Crippen molar-refractivity contribution >= 4 is 28.8 Å². The summed E-state index contributed by atoms with van der Waals surface area (Å²) in [5.74, 6) is -0.670. The molecular weight excluding hydrogens is 486 g/mol. The number of pyridine rings is 1. The second-order valence-corrected chi connectivity index (χ2v) is 10.3. The molecule has 1 unspecified atom stereocenters. The average Bonchev–Trinajstić information content (AvgIpc) is 3.24. The summed E-state index contributed by atoms with van der Waals surface area (Å²) in [5, 5.41) is 13.7. The van der Waals surface area contributed by atoms with Gasteiger partial charge in [0.25, 0.3) is 5.91 Å². The number of nitrogens with one attached hydrogen (secondary N) is 1. The molecule has 4 heterocycles. The van der Waals surface area contributed by atoms with Crippen LogP contribution in [0.15, 0.2) is 59.9 Å². The van der Waals surface area contributed by atoms with E-state index in [1.165, 1.54) is 31.7 Å². The van der Waals surface area contributed by atoms with E-state index in [2.05, 4.69) is 20.3 Å². The Morgan fingerprint density at radius 3 is 2.64 bits per heavy atom. The van der Waals surface area contributed by atoms with E-state index in [0.717, 1.165) is 12.4 Å². The molecule has 11 heteroatoms. The molecular formula is C25H24F2N6O2S. The molecule has 0 aliphatic carbocycles. The number of thioether (sulfide) groups is 1. The summed E-state index contributed by atoms with van der Waals surface area (Å²) in [7, 11) is 0. The van der Waals surface area contributed by atoms with E-state index in [-0.39, 0.29) is 30.0 Å². The highest BCUT2D eigenvalue weighted by Gasteiger charge is 2.52. The van der Waals surface area contributed by atoms with Crippen LogP contribution in [0.4, 0.5) is 14.7 Å². The van der Waals surface area contributed by atoms with Crippen LogP contribution in [0.2, 0.25) is 0 Å². The van der Waals surface area contributed by atoms with Gasteiger partial charge in [-0.15, -0.1) is 0 Å². The predicted molar refractivity (Wildman–Crippen MR) is 133 cm³/mol. The molecule has 0 saturated carbocycles. The van der Waals surface area contributed by atoms with Crippen LogP contribution in [-0.4, -0.2) is 50.0 Å². The van der Waals surface area contributed by atoms with E-state index in [1.54, 1.807) is 30.3 Å². The van der Waals surface area contributed by atoms with E-state index in [9.17, 15) is 18.7 Å². The van der Waals surface area contributed by atoms with Crippen molar-refractivity contribution in [2.24, 2.45) is 10.9 Å². The van der Waals surface area contributed by atoms with Gasteiger partial charge in [0.15, 0.2) is 11.0 Å². The number of rotatable bonds is 4. The van der Waals surface area contributed by atoms with Crippen LogP contribution in [-0.2, 0) is 11.1 Å². The molecule has 0 bridgehead atoms. The van der Waals surface area contributed by atoms with Gasteiger partial charge in [0.2, 0.25) is 5.95 Å². The summed E-state index contributed by atoms with van der Waals surface area (Å²) >= 11 is 1.41. The monoisotopic (exact) mass is 510 g/mol. The van der Waals surface area contributed by atoms with Crippen LogP contribution in [0.1, 0.15) is 35.6 Å². The number of hydrogen-bond acceptors (Lipinski definition) is 8. The van der Waals surface area contributed by atoms with Crippen molar-refractivity contribution in [1.82, 2.24) is 20.3 Å². The second kappa shape index (κ2) is 9.21. The lowest BCUT2D eigenvalue weighted by atomic mass is 9.85. The summed E-state index contributed by atoms with van der Waals surface area (Å²) in [6.07, 6.45) is 2.19. The number of carbonyl (C=O) groups is 1. The van der Waals surface area contributed by atoms with Crippen LogP contribution < -0.4 is 10.2 Å². The number of aromatic nitrogens is 3. The molecule has 1 saturated heterocycles. The van der Waals surface area contributed by atoms with E-state index >= 15 is 0 Å². The van der Waals surface area contributed by atoms with Crippen molar-refractivity contribution in [2.45, 2.75) is 25.0 Å². The van der Waals surface area contributed by atoms with Gasteiger partial charge in [-0.2, -0.15) is 0 Å². The summed E-state index contributed by atoms with van der Waals surface area (Å²) in [4.78, 5) is 32.4. The second-order valence-electron chi connectivity index (χ2n) is 9.34. The van der Waals surface area contributed by atoms with E-state index < -0.39 is 22.8 Å². The topological polar surface area (TPSA) is 104 Å². The number of aliphatic imine (C=N–C) groups is 1. The Morgan fingerprint density at radius 2 is 1.94 bits per heavy atom. The highest BCUT2D eigenvalue weighted by molar-refractivity contribution is 8.13. The van der Waals surface area contributed by atoms with Crippen LogP contribution in [0.25, 0.3) is 0 Å². The first-order valence-electron chi connectivity index (χ1n) is 11.4. The number of amides is 1. The number of carbonyl (C=O) groups excluding carboxylic acids is 1. The molecule has 0 radical (unpaired) electrons. The first kappa shape index (κ1) is 24.3. The molecule has 1 amide bonds. The third-order valence-electron chi connectivity index (χ3n) is 6.29. The van der Waals surface area contributed by atoms with Crippen LogP contribution >= 0.6 is 11.8 Å². The molecule has 36 heavy (non-hydrogen) atoms. The van der Waals surface area contributed by atoms with Gasteiger partial charge in [-0.05, 0) is 38.1 Å². The van der Waals surface area contributed by atoms with Crippen LogP contribution in [0, 0.1) is 17.6 Å². The molecule has 3 aromatic rings. The molecule has 5 rings (SSSR count). The molecule has 0 spiro atoms. The van der Waals surface area contributed by atoms with Gasteiger partial charge in [0.05, 0.1) is 24.6 Å².